The van der Waals surface area contributed by atoms with E-state index in [4.69, 9.17) is 13.9 Å². The van der Waals surface area contributed by atoms with Crippen molar-refractivity contribution in [2.24, 2.45) is 0 Å². The standard InChI is InChI=1S/C26H28N2O7/c1-27(2)11-6-12-28-22(15-9-10-18(33-3)17(29)13-15)21(24(31)26(28)32)23(30)20-14-16-7-5-8-19(34-4)25(16)35-20/h5,7-10,13-14,22,29,31H,6,11-12H2,1-4H3. The number of nitrogens with zero attached hydrogens (tertiary/aromatic N) is 2. The number of ether oxygens (including phenoxy) is 2. The lowest BCUT2D eigenvalue weighted by Crippen LogP contribution is -2.33. The van der Waals surface area contributed by atoms with Gasteiger partial charge in [-0.25, -0.2) is 0 Å². The molecular formula is C26H28N2O7. The number of methoxy groups -OCH3 is 2. The molecule has 1 aromatic heterocycles. The number of Topliss-reactive ketones (excluding diaryl/α,β-unsaturated/α-hetero) is 1. The Bertz CT molecular complexity index is 1310. The molecule has 0 saturated carbocycles. The Labute approximate surface area is 202 Å². The zero-order valence-corrected chi connectivity index (χ0v) is 20.1. The first-order chi connectivity index (χ1) is 16.8. The molecule has 2 N–H and O–H groups in total. The highest BCUT2D eigenvalue weighted by molar-refractivity contribution is 6.16. The quantitative estimate of drug-likeness (QED) is 0.446. The van der Waals surface area contributed by atoms with Crippen LogP contribution in [0.1, 0.15) is 28.6 Å². The molecule has 184 valence electrons. The summed E-state index contributed by atoms with van der Waals surface area (Å²) >= 11 is 0. The van der Waals surface area contributed by atoms with Crippen LogP contribution in [0, 0.1) is 0 Å². The van der Waals surface area contributed by atoms with E-state index in [9.17, 15) is 19.8 Å². The van der Waals surface area contributed by atoms with Gasteiger partial charge in [0.2, 0.25) is 5.78 Å². The number of phenols is 1. The van der Waals surface area contributed by atoms with Gasteiger partial charge in [-0.1, -0.05) is 18.2 Å². The second kappa shape index (κ2) is 9.71. The first-order valence-corrected chi connectivity index (χ1v) is 11.1. The lowest BCUT2D eigenvalue weighted by Gasteiger charge is -2.27. The molecule has 1 amide bonds. The Hall–Kier alpha value is -3.98. The highest BCUT2D eigenvalue weighted by atomic mass is 16.5. The molecule has 0 bridgehead atoms. The second-order valence-electron chi connectivity index (χ2n) is 8.57. The number of fused-ring (bicyclic) bond motifs is 1. The lowest BCUT2D eigenvalue weighted by atomic mass is 9.94. The number of carbonyl (C=O) groups excluding carboxylic acids is 2. The molecule has 0 aliphatic carbocycles. The molecule has 2 aromatic carbocycles. The summed E-state index contributed by atoms with van der Waals surface area (Å²) in [4.78, 5) is 30.2. The highest BCUT2D eigenvalue weighted by Crippen LogP contribution is 2.42. The SMILES string of the molecule is COc1ccc(C2C(C(=O)c3cc4cccc(OC)c4o3)=C(O)C(=O)N2CCCN(C)C)cc1O. The summed E-state index contributed by atoms with van der Waals surface area (Å²) in [6.45, 7) is 1.00. The number of aliphatic hydroxyl groups is 1. The van der Waals surface area contributed by atoms with Gasteiger partial charge in [-0.15, -0.1) is 0 Å². The number of rotatable bonds is 9. The maximum atomic E-state index is 13.7. The van der Waals surface area contributed by atoms with Gasteiger partial charge in [-0.3, -0.25) is 9.59 Å². The normalized spacial score (nSPS) is 16.0. The molecule has 0 fully saturated rings. The van der Waals surface area contributed by atoms with E-state index in [2.05, 4.69) is 0 Å². The molecule has 35 heavy (non-hydrogen) atoms. The zero-order chi connectivity index (χ0) is 25.3. The molecule has 0 radical (unpaired) electrons. The van der Waals surface area contributed by atoms with E-state index in [1.807, 2.05) is 19.0 Å². The minimum absolute atomic E-state index is 0.0308. The first kappa shape index (κ1) is 24.2. The van der Waals surface area contributed by atoms with E-state index in [1.165, 1.54) is 25.2 Å². The van der Waals surface area contributed by atoms with Crippen molar-refractivity contribution >= 4 is 22.7 Å². The lowest BCUT2D eigenvalue weighted by molar-refractivity contribution is -0.129. The Kier molecular flexibility index (Phi) is 6.70. The number of aliphatic hydroxyl groups excluding tert-OH is 1. The van der Waals surface area contributed by atoms with Gasteiger partial charge in [0.1, 0.15) is 0 Å². The highest BCUT2D eigenvalue weighted by Gasteiger charge is 2.44. The van der Waals surface area contributed by atoms with E-state index >= 15 is 0 Å². The summed E-state index contributed by atoms with van der Waals surface area (Å²) in [6, 6.07) is 10.6. The predicted molar refractivity (Wildman–Crippen MR) is 129 cm³/mol. The number of carbonyl (C=O) groups is 2. The van der Waals surface area contributed by atoms with Crippen molar-refractivity contribution in [2.75, 3.05) is 41.4 Å². The number of amides is 1. The second-order valence-corrected chi connectivity index (χ2v) is 8.57. The minimum atomic E-state index is -0.913. The van der Waals surface area contributed by atoms with Gasteiger partial charge in [0.15, 0.2) is 34.4 Å². The summed E-state index contributed by atoms with van der Waals surface area (Å²) in [6.07, 6.45) is 0.619. The van der Waals surface area contributed by atoms with Crippen molar-refractivity contribution in [1.29, 1.82) is 0 Å². The number of benzene rings is 2. The maximum Gasteiger partial charge on any atom is 0.290 e. The van der Waals surface area contributed by atoms with Gasteiger partial charge in [0.05, 0.1) is 25.8 Å². The van der Waals surface area contributed by atoms with E-state index in [1.54, 1.807) is 36.4 Å². The van der Waals surface area contributed by atoms with Crippen molar-refractivity contribution in [3.05, 3.63) is 65.1 Å². The molecule has 9 heteroatoms. The number of furan rings is 1. The summed E-state index contributed by atoms with van der Waals surface area (Å²) in [7, 11) is 6.77. The van der Waals surface area contributed by atoms with Gasteiger partial charge in [0, 0.05) is 11.9 Å². The fourth-order valence-corrected chi connectivity index (χ4v) is 4.34. The molecule has 1 atom stereocenters. The first-order valence-electron chi connectivity index (χ1n) is 11.1. The number of phenolic OH excluding ortho intramolecular Hbond substituents is 1. The van der Waals surface area contributed by atoms with Crippen LogP contribution in [0.25, 0.3) is 11.0 Å². The van der Waals surface area contributed by atoms with E-state index in [0.717, 1.165) is 0 Å². The van der Waals surface area contributed by atoms with E-state index in [-0.39, 0.29) is 22.8 Å². The molecule has 0 spiro atoms. The fourth-order valence-electron chi connectivity index (χ4n) is 4.34. The van der Waals surface area contributed by atoms with Gasteiger partial charge < -0.3 is 33.9 Å². The van der Waals surface area contributed by atoms with E-state index < -0.39 is 23.5 Å². The Balaban J connectivity index is 1.78. The van der Waals surface area contributed by atoms with Gasteiger partial charge in [-0.05, 0) is 56.9 Å². The molecule has 9 nitrogen and oxygen atoms in total. The van der Waals surface area contributed by atoms with Crippen molar-refractivity contribution in [3.8, 4) is 17.2 Å². The van der Waals surface area contributed by atoms with Crippen LogP contribution in [0.15, 0.2) is 58.2 Å². The molecule has 1 aliphatic rings. The molecule has 2 heterocycles. The summed E-state index contributed by atoms with van der Waals surface area (Å²) in [5.74, 6) is -1.36. The Morgan fingerprint density at radius 3 is 2.49 bits per heavy atom. The Morgan fingerprint density at radius 2 is 1.83 bits per heavy atom. The van der Waals surface area contributed by atoms with Crippen LogP contribution in [0.4, 0.5) is 0 Å². The smallest absolute Gasteiger partial charge is 0.290 e. The number of hydrogen-bond acceptors (Lipinski definition) is 8. The molecule has 4 rings (SSSR count). The molecule has 0 saturated heterocycles. The van der Waals surface area contributed by atoms with Gasteiger partial charge in [-0.2, -0.15) is 0 Å². The number of hydrogen-bond donors (Lipinski definition) is 2. The van der Waals surface area contributed by atoms with Crippen LogP contribution >= 0.6 is 0 Å². The summed E-state index contributed by atoms with van der Waals surface area (Å²) in [5.41, 5.74) is 0.745. The number of ketones is 1. The van der Waals surface area contributed by atoms with Gasteiger partial charge in [0.25, 0.3) is 5.91 Å². The molecular weight excluding hydrogens is 452 g/mol. The van der Waals surface area contributed by atoms with Crippen molar-refractivity contribution < 1.29 is 33.7 Å². The fraction of sp³-hybridized carbons (Fsp3) is 0.308. The third-order valence-electron chi connectivity index (χ3n) is 6.02. The minimum Gasteiger partial charge on any atom is -0.504 e. The van der Waals surface area contributed by atoms with Crippen LogP contribution in [-0.2, 0) is 4.79 Å². The summed E-state index contributed by atoms with van der Waals surface area (Å²) < 4.78 is 16.3. The van der Waals surface area contributed by atoms with Gasteiger partial charge >= 0.3 is 0 Å². The largest absolute Gasteiger partial charge is 0.504 e. The summed E-state index contributed by atoms with van der Waals surface area (Å²) in [5, 5.41) is 21.9. The van der Waals surface area contributed by atoms with E-state index in [0.29, 0.717) is 41.8 Å². The van der Waals surface area contributed by atoms with Crippen molar-refractivity contribution in [2.45, 2.75) is 12.5 Å². The topological polar surface area (TPSA) is 113 Å². The van der Waals surface area contributed by atoms with Crippen molar-refractivity contribution in [1.82, 2.24) is 9.80 Å². The van der Waals surface area contributed by atoms with Crippen LogP contribution < -0.4 is 9.47 Å². The third-order valence-corrected chi connectivity index (χ3v) is 6.02. The molecule has 1 unspecified atom stereocenters. The molecule has 1 aliphatic heterocycles. The van der Waals surface area contributed by atoms with Crippen molar-refractivity contribution in [3.63, 3.8) is 0 Å². The van der Waals surface area contributed by atoms with Crippen LogP contribution in [0.5, 0.6) is 17.2 Å². The number of aromatic hydroxyl groups is 1. The predicted octanol–water partition coefficient (Wildman–Crippen LogP) is 3.69. The average molecular weight is 481 g/mol. The number of para-hydroxylation sites is 1. The maximum absolute atomic E-state index is 13.7. The molecule has 3 aromatic rings. The third kappa shape index (κ3) is 4.42. The zero-order valence-electron chi connectivity index (χ0n) is 20.1. The monoisotopic (exact) mass is 480 g/mol. The average Bonchev–Trinajstić information content (AvgIpc) is 3.38. The van der Waals surface area contributed by atoms with Crippen LogP contribution in [-0.4, -0.2) is 73.1 Å². The van der Waals surface area contributed by atoms with Crippen LogP contribution in [0.3, 0.4) is 0 Å². The Morgan fingerprint density at radius 1 is 1.09 bits per heavy atom. The van der Waals surface area contributed by atoms with Crippen LogP contribution in [0.2, 0.25) is 0 Å².